The summed E-state index contributed by atoms with van der Waals surface area (Å²) in [7, 11) is 0. The molecule has 2 atom stereocenters. The molecule has 0 aromatic heterocycles. The van der Waals surface area contributed by atoms with E-state index in [4.69, 9.17) is 4.74 Å². The molecule has 0 spiro atoms. The highest BCUT2D eigenvalue weighted by molar-refractivity contribution is 5.17. The maximum Gasteiger partial charge on any atom is 0.0760 e. The quantitative estimate of drug-likeness (QED) is 0.785. The molecule has 1 fully saturated rings. The molecular formula is C14H18O2. The van der Waals surface area contributed by atoms with E-state index in [0.29, 0.717) is 6.61 Å². The lowest BCUT2D eigenvalue weighted by molar-refractivity contribution is 0.0835. The largest absolute Gasteiger partial charge is 0.396 e. The number of hydrogen-bond donors (Lipinski definition) is 1. The van der Waals surface area contributed by atoms with Crippen LogP contribution in [-0.4, -0.2) is 24.4 Å². The van der Waals surface area contributed by atoms with Gasteiger partial charge in [0.2, 0.25) is 0 Å². The lowest BCUT2D eigenvalue weighted by atomic mass is 9.80. The van der Waals surface area contributed by atoms with Crippen molar-refractivity contribution in [3.63, 3.8) is 0 Å². The molecule has 2 heteroatoms. The number of aliphatic hydroxyl groups is 1. The topological polar surface area (TPSA) is 29.5 Å². The Hall–Kier alpha value is -1.12. The number of hydrogen-bond acceptors (Lipinski definition) is 2. The van der Waals surface area contributed by atoms with Gasteiger partial charge < -0.3 is 9.84 Å². The van der Waals surface area contributed by atoms with E-state index >= 15 is 0 Å². The summed E-state index contributed by atoms with van der Waals surface area (Å²) in [5.41, 5.74) is 1.13. The first-order chi connectivity index (χ1) is 7.78. The molecule has 1 heterocycles. The van der Waals surface area contributed by atoms with E-state index in [1.807, 2.05) is 24.3 Å². The van der Waals surface area contributed by atoms with Crippen LogP contribution in [0.3, 0.4) is 0 Å². The van der Waals surface area contributed by atoms with Gasteiger partial charge in [-0.3, -0.25) is 0 Å². The molecule has 2 nitrogen and oxygen atoms in total. The third-order valence-corrected chi connectivity index (χ3v) is 3.26. The van der Waals surface area contributed by atoms with Crippen LogP contribution in [0.15, 0.2) is 43.0 Å². The third kappa shape index (κ3) is 2.34. The summed E-state index contributed by atoms with van der Waals surface area (Å²) >= 11 is 0. The standard InChI is InChI=1S/C14H18O2/c1-2-13-9-14(10-15,11-16-13)8-12-6-4-3-5-7-12/h2-7,13,15H,1,8-11H2/t13-,14-/m1/s1. The average Bonchev–Trinajstić information content (AvgIpc) is 2.75. The molecule has 1 aliphatic heterocycles. The van der Waals surface area contributed by atoms with Crippen LogP contribution < -0.4 is 0 Å². The second-order valence-electron chi connectivity index (χ2n) is 4.61. The van der Waals surface area contributed by atoms with E-state index < -0.39 is 0 Å². The number of benzene rings is 1. The van der Waals surface area contributed by atoms with Crippen molar-refractivity contribution in [1.82, 2.24) is 0 Å². The molecule has 1 aromatic carbocycles. The lowest BCUT2D eigenvalue weighted by Gasteiger charge is -2.24. The van der Waals surface area contributed by atoms with Crippen LogP contribution in [0.1, 0.15) is 12.0 Å². The second kappa shape index (κ2) is 4.81. The van der Waals surface area contributed by atoms with E-state index in [-0.39, 0.29) is 18.1 Å². The summed E-state index contributed by atoms with van der Waals surface area (Å²) in [6.45, 7) is 4.54. The van der Waals surface area contributed by atoms with Crippen LogP contribution in [0.25, 0.3) is 0 Å². The van der Waals surface area contributed by atoms with Gasteiger partial charge in [0.25, 0.3) is 0 Å². The molecule has 0 amide bonds. The van der Waals surface area contributed by atoms with E-state index in [2.05, 4.69) is 18.7 Å². The monoisotopic (exact) mass is 218 g/mol. The molecule has 0 saturated carbocycles. The van der Waals surface area contributed by atoms with Gasteiger partial charge in [-0.05, 0) is 18.4 Å². The first-order valence-corrected chi connectivity index (χ1v) is 5.67. The van der Waals surface area contributed by atoms with Gasteiger partial charge >= 0.3 is 0 Å². The minimum absolute atomic E-state index is 0.0934. The highest BCUT2D eigenvalue weighted by Gasteiger charge is 2.38. The summed E-state index contributed by atoms with van der Waals surface area (Å²) in [6.07, 6.45) is 3.65. The molecule has 0 unspecified atom stereocenters. The van der Waals surface area contributed by atoms with Crippen molar-refractivity contribution in [3.05, 3.63) is 48.6 Å². The van der Waals surface area contributed by atoms with Crippen LogP contribution in [-0.2, 0) is 11.2 Å². The molecule has 1 aromatic rings. The number of aliphatic hydroxyl groups excluding tert-OH is 1. The zero-order valence-electron chi connectivity index (χ0n) is 9.43. The number of ether oxygens (including phenoxy) is 1. The zero-order valence-corrected chi connectivity index (χ0v) is 9.43. The molecule has 16 heavy (non-hydrogen) atoms. The predicted octanol–water partition coefficient (Wildman–Crippen LogP) is 2.18. The van der Waals surface area contributed by atoms with E-state index in [1.165, 1.54) is 5.56 Å². The Balaban J connectivity index is 2.09. The van der Waals surface area contributed by atoms with E-state index in [0.717, 1.165) is 12.8 Å². The minimum atomic E-state index is -0.125. The fraction of sp³-hybridized carbons (Fsp3) is 0.429. The fourth-order valence-electron chi connectivity index (χ4n) is 2.30. The van der Waals surface area contributed by atoms with Crippen molar-refractivity contribution in [1.29, 1.82) is 0 Å². The zero-order chi connectivity index (χ0) is 11.4. The van der Waals surface area contributed by atoms with Gasteiger partial charge in [0, 0.05) is 5.41 Å². The molecule has 1 saturated heterocycles. The first kappa shape index (κ1) is 11.4. The van der Waals surface area contributed by atoms with Gasteiger partial charge in [0.15, 0.2) is 0 Å². The van der Waals surface area contributed by atoms with Crippen LogP contribution >= 0.6 is 0 Å². The Bertz CT molecular complexity index is 347. The van der Waals surface area contributed by atoms with Gasteiger partial charge in [-0.25, -0.2) is 0 Å². The van der Waals surface area contributed by atoms with Gasteiger partial charge in [0.1, 0.15) is 0 Å². The van der Waals surface area contributed by atoms with Crippen LogP contribution in [0.4, 0.5) is 0 Å². The van der Waals surface area contributed by atoms with Gasteiger partial charge in [-0.2, -0.15) is 0 Å². The van der Waals surface area contributed by atoms with Gasteiger partial charge in [0.05, 0.1) is 19.3 Å². The smallest absolute Gasteiger partial charge is 0.0760 e. The highest BCUT2D eigenvalue weighted by Crippen LogP contribution is 2.36. The highest BCUT2D eigenvalue weighted by atomic mass is 16.5. The summed E-state index contributed by atoms with van der Waals surface area (Å²) in [6, 6.07) is 10.3. The Morgan fingerprint density at radius 2 is 2.19 bits per heavy atom. The Kier molecular flexibility index (Phi) is 3.42. The molecule has 1 aliphatic rings. The van der Waals surface area contributed by atoms with Gasteiger partial charge in [-0.1, -0.05) is 36.4 Å². The predicted molar refractivity (Wildman–Crippen MR) is 64.2 cm³/mol. The summed E-state index contributed by atoms with van der Waals surface area (Å²) in [5.74, 6) is 0. The van der Waals surface area contributed by atoms with Crippen molar-refractivity contribution >= 4 is 0 Å². The fourth-order valence-corrected chi connectivity index (χ4v) is 2.30. The molecule has 0 aliphatic carbocycles. The average molecular weight is 218 g/mol. The Labute approximate surface area is 96.6 Å². The minimum Gasteiger partial charge on any atom is -0.396 e. The van der Waals surface area contributed by atoms with E-state index in [1.54, 1.807) is 0 Å². The summed E-state index contributed by atoms with van der Waals surface area (Å²) in [4.78, 5) is 0. The normalized spacial score (nSPS) is 29.2. The molecule has 1 N–H and O–H groups in total. The molecule has 0 bridgehead atoms. The van der Waals surface area contributed by atoms with Crippen LogP contribution in [0.2, 0.25) is 0 Å². The third-order valence-electron chi connectivity index (χ3n) is 3.26. The molecule has 2 rings (SSSR count). The van der Waals surface area contributed by atoms with Gasteiger partial charge in [-0.15, -0.1) is 6.58 Å². The number of rotatable bonds is 4. The van der Waals surface area contributed by atoms with Crippen LogP contribution in [0, 0.1) is 5.41 Å². The molecular weight excluding hydrogens is 200 g/mol. The Morgan fingerprint density at radius 1 is 1.44 bits per heavy atom. The first-order valence-electron chi connectivity index (χ1n) is 5.67. The van der Waals surface area contributed by atoms with Crippen molar-refractivity contribution in [2.75, 3.05) is 13.2 Å². The summed E-state index contributed by atoms with van der Waals surface area (Å²) in [5, 5.41) is 9.58. The van der Waals surface area contributed by atoms with Crippen molar-refractivity contribution in [2.24, 2.45) is 5.41 Å². The summed E-state index contributed by atoms with van der Waals surface area (Å²) < 4.78 is 5.60. The van der Waals surface area contributed by atoms with Crippen molar-refractivity contribution in [2.45, 2.75) is 18.9 Å². The maximum absolute atomic E-state index is 9.58. The van der Waals surface area contributed by atoms with Crippen molar-refractivity contribution < 1.29 is 9.84 Å². The second-order valence-corrected chi connectivity index (χ2v) is 4.61. The molecule has 86 valence electrons. The van der Waals surface area contributed by atoms with Crippen molar-refractivity contribution in [3.8, 4) is 0 Å². The van der Waals surface area contributed by atoms with Crippen LogP contribution in [0.5, 0.6) is 0 Å². The lowest BCUT2D eigenvalue weighted by Crippen LogP contribution is -2.28. The molecule has 0 radical (unpaired) electrons. The maximum atomic E-state index is 9.58. The SMILES string of the molecule is C=C[C@@H]1C[C@@](CO)(Cc2ccccc2)CO1. The Morgan fingerprint density at radius 3 is 2.75 bits per heavy atom. The van der Waals surface area contributed by atoms with E-state index in [9.17, 15) is 5.11 Å².